The van der Waals surface area contributed by atoms with E-state index in [9.17, 15) is 8.78 Å². The Labute approximate surface area is 53.0 Å². The van der Waals surface area contributed by atoms with Crippen molar-refractivity contribution < 1.29 is 13.5 Å². The predicted octanol–water partition coefficient (Wildman–Crippen LogP) is 0.617. The average molecular weight is 139 g/mol. The standard InChI is InChI=1S/C5H11F2NO/c1-5(6,7)4-9-3-2-8/h2-4,8H2,1H3. The van der Waals surface area contributed by atoms with Crippen molar-refractivity contribution in [2.75, 3.05) is 19.8 Å². The smallest absolute Gasteiger partial charge is 0.268 e. The molecule has 0 fully saturated rings. The number of hydrogen-bond donors (Lipinski definition) is 1. The molecule has 0 unspecified atom stereocenters. The number of rotatable bonds is 4. The second kappa shape index (κ2) is 3.74. The minimum absolute atomic E-state index is 0.198. The fourth-order valence-corrected chi connectivity index (χ4v) is 0.335. The van der Waals surface area contributed by atoms with Gasteiger partial charge in [0.15, 0.2) is 0 Å². The van der Waals surface area contributed by atoms with Gasteiger partial charge in [-0.25, -0.2) is 8.78 Å². The van der Waals surface area contributed by atoms with Crippen molar-refractivity contribution in [1.29, 1.82) is 0 Å². The fourth-order valence-electron chi connectivity index (χ4n) is 0.335. The number of nitrogens with two attached hydrogens (primary N) is 1. The van der Waals surface area contributed by atoms with Crippen molar-refractivity contribution in [3.05, 3.63) is 0 Å². The van der Waals surface area contributed by atoms with Gasteiger partial charge >= 0.3 is 0 Å². The summed E-state index contributed by atoms with van der Waals surface area (Å²) in [4.78, 5) is 0. The first-order chi connectivity index (χ1) is 4.06. The van der Waals surface area contributed by atoms with Crippen LogP contribution >= 0.6 is 0 Å². The van der Waals surface area contributed by atoms with E-state index >= 15 is 0 Å². The summed E-state index contributed by atoms with van der Waals surface area (Å²) in [7, 11) is 0. The molecular formula is C5H11F2NO. The van der Waals surface area contributed by atoms with E-state index in [2.05, 4.69) is 4.74 Å². The Hall–Kier alpha value is -0.220. The first kappa shape index (κ1) is 8.78. The van der Waals surface area contributed by atoms with Gasteiger partial charge in [0, 0.05) is 13.5 Å². The third-order valence-corrected chi connectivity index (χ3v) is 0.618. The van der Waals surface area contributed by atoms with E-state index in [4.69, 9.17) is 5.73 Å². The molecule has 56 valence electrons. The van der Waals surface area contributed by atoms with Crippen molar-refractivity contribution in [3.63, 3.8) is 0 Å². The molecule has 0 aromatic rings. The number of alkyl halides is 2. The molecule has 0 amide bonds. The van der Waals surface area contributed by atoms with Gasteiger partial charge in [-0.3, -0.25) is 0 Å². The van der Waals surface area contributed by atoms with E-state index in [1.165, 1.54) is 0 Å². The predicted molar refractivity (Wildman–Crippen MR) is 30.5 cm³/mol. The van der Waals surface area contributed by atoms with Crippen molar-refractivity contribution >= 4 is 0 Å². The number of ether oxygens (including phenoxy) is 1. The van der Waals surface area contributed by atoms with E-state index in [0.29, 0.717) is 0 Å². The van der Waals surface area contributed by atoms with Crippen LogP contribution in [0.15, 0.2) is 0 Å². The topological polar surface area (TPSA) is 35.2 Å². The lowest BCUT2D eigenvalue weighted by molar-refractivity contribution is -0.0605. The van der Waals surface area contributed by atoms with Crippen molar-refractivity contribution in [3.8, 4) is 0 Å². The van der Waals surface area contributed by atoms with E-state index in [1.807, 2.05) is 0 Å². The number of halogens is 2. The molecule has 2 N–H and O–H groups in total. The largest absolute Gasteiger partial charge is 0.374 e. The maximum atomic E-state index is 11.9. The van der Waals surface area contributed by atoms with Crippen LogP contribution in [-0.4, -0.2) is 25.7 Å². The molecule has 0 heterocycles. The van der Waals surface area contributed by atoms with Crippen molar-refractivity contribution in [1.82, 2.24) is 0 Å². The quantitative estimate of drug-likeness (QED) is 0.579. The second-order valence-electron chi connectivity index (χ2n) is 1.91. The van der Waals surface area contributed by atoms with Gasteiger partial charge in [-0.2, -0.15) is 0 Å². The molecular weight excluding hydrogens is 128 g/mol. The zero-order valence-electron chi connectivity index (χ0n) is 5.36. The minimum Gasteiger partial charge on any atom is -0.374 e. The number of hydrogen-bond acceptors (Lipinski definition) is 2. The molecule has 0 aliphatic heterocycles. The average Bonchev–Trinajstić information content (AvgIpc) is 1.63. The molecule has 4 heteroatoms. The summed E-state index contributed by atoms with van der Waals surface area (Å²) in [6.07, 6.45) is 0. The van der Waals surface area contributed by atoms with Crippen molar-refractivity contribution in [2.24, 2.45) is 5.73 Å². The van der Waals surface area contributed by atoms with E-state index < -0.39 is 12.5 Å². The molecule has 0 rings (SSSR count). The monoisotopic (exact) mass is 139 g/mol. The van der Waals surface area contributed by atoms with Gasteiger partial charge in [0.25, 0.3) is 5.92 Å². The Morgan fingerprint density at radius 1 is 1.56 bits per heavy atom. The Bertz CT molecular complexity index is 71.8. The van der Waals surface area contributed by atoms with Gasteiger partial charge in [-0.05, 0) is 0 Å². The molecule has 0 atom stereocenters. The van der Waals surface area contributed by atoms with Gasteiger partial charge in [-0.1, -0.05) is 0 Å². The van der Waals surface area contributed by atoms with Crippen LogP contribution in [0.4, 0.5) is 8.78 Å². The van der Waals surface area contributed by atoms with Crippen LogP contribution in [-0.2, 0) is 4.74 Å². The fraction of sp³-hybridized carbons (Fsp3) is 1.00. The van der Waals surface area contributed by atoms with E-state index in [1.54, 1.807) is 0 Å². The highest BCUT2D eigenvalue weighted by Gasteiger charge is 2.20. The van der Waals surface area contributed by atoms with Gasteiger partial charge < -0.3 is 10.5 Å². The van der Waals surface area contributed by atoms with Crippen LogP contribution < -0.4 is 5.73 Å². The highest BCUT2D eigenvalue weighted by molar-refractivity contribution is 4.54. The molecule has 0 saturated heterocycles. The Morgan fingerprint density at radius 2 is 2.11 bits per heavy atom. The maximum absolute atomic E-state index is 11.9. The lowest BCUT2D eigenvalue weighted by Gasteiger charge is -2.08. The van der Waals surface area contributed by atoms with Crippen LogP contribution in [0.5, 0.6) is 0 Å². The maximum Gasteiger partial charge on any atom is 0.268 e. The molecule has 0 spiro atoms. The minimum atomic E-state index is -2.73. The lowest BCUT2D eigenvalue weighted by atomic mass is 10.4. The summed E-state index contributed by atoms with van der Waals surface area (Å²) in [5.41, 5.74) is 4.99. The van der Waals surface area contributed by atoms with E-state index in [0.717, 1.165) is 6.92 Å². The molecule has 0 aromatic heterocycles. The molecule has 9 heavy (non-hydrogen) atoms. The summed E-state index contributed by atoms with van der Waals surface area (Å²) < 4.78 is 28.2. The summed E-state index contributed by atoms with van der Waals surface area (Å²) in [5, 5.41) is 0. The zero-order chi connectivity index (χ0) is 7.33. The second-order valence-corrected chi connectivity index (χ2v) is 1.91. The molecule has 0 aliphatic carbocycles. The van der Waals surface area contributed by atoms with Gasteiger partial charge in [0.1, 0.15) is 6.61 Å². The first-order valence-corrected chi connectivity index (χ1v) is 2.72. The highest BCUT2D eigenvalue weighted by atomic mass is 19.3. The molecule has 0 saturated carbocycles. The molecule has 0 aliphatic rings. The molecule has 2 nitrogen and oxygen atoms in total. The van der Waals surface area contributed by atoms with Crippen LogP contribution in [0.2, 0.25) is 0 Å². The highest BCUT2D eigenvalue weighted by Crippen LogP contribution is 2.10. The Kier molecular flexibility index (Phi) is 3.65. The van der Waals surface area contributed by atoms with Gasteiger partial charge in [-0.15, -0.1) is 0 Å². The van der Waals surface area contributed by atoms with Crippen LogP contribution in [0, 0.1) is 0 Å². The van der Waals surface area contributed by atoms with Crippen molar-refractivity contribution in [2.45, 2.75) is 12.8 Å². The Morgan fingerprint density at radius 3 is 2.44 bits per heavy atom. The SMILES string of the molecule is CC(F)(F)COCCN. The summed E-state index contributed by atoms with van der Waals surface area (Å²) in [6.45, 7) is 0.757. The van der Waals surface area contributed by atoms with Crippen LogP contribution in [0.3, 0.4) is 0 Å². The summed E-state index contributed by atoms with van der Waals surface area (Å²) in [6, 6.07) is 0. The normalized spacial score (nSPS) is 12.0. The molecule has 0 aromatic carbocycles. The summed E-state index contributed by atoms with van der Waals surface area (Å²) >= 11 is 0. The zero-order valence-corrected chi connectivity index (χ0v) is 5.36. The first-order valence-electron chi connectivity index (χ1n) is 2.72. The van der Waals surface area contributed by atoms with Gasteiger partial charge in [0.05, 0.1) is 6.61 Å². The summed E-state index contributed by atoms with van der Waals surface area (Å²) in [5.74, 6) is -2.73. The van der Waals surface area contributed by atoms with Gasteiger partial charge in [0.2, 0.25) is 0 Å². The van der Waals surface area contributed by atoms with E-state index in [-0.39, 0.29) is 13.2 Å². The third-order valence-electron chi connectivity index (χ3n) is 0.618. The van der Waals surface area contributed by atoms with Crippen LogP contribution in [0.1, 0.15) is 6.92 Å². The lowest BCUT2D eigenvalue weighted by Crippen LogP contribution is -2.21. The molecule has 0 radical (unpaired) electrons. The Balaban J connectivity index is 3.07. The van der Waals surface area contributed by atoms with Crippen LogP contribution in [0.25, 0.3) is 0 Å². The third kappa shape index (κ3) is 7.78. The molecule has 0 bridgehead atoms.